The largest absolute Gasteiger partial charge is 0.379 e. The Hall–Kier alpha value is -1.27. The number of hydrogen-bond donors (Lipinski definition) is 1. The predicted octanol–water partition coefficient (Wildman–Crippen LogP) is 2.49. The Balaban J connectivity index is 2.29. The molecule has 0 bridgehead atoms. The molecule has 2 aromatic rings. The van der Waals surface area contributed by atoms with Gasteiger partial charge in [0, 0.05) is 29.8 Å². The Morgan fingerprint density at radius 2 is 1.95 bits per heavy atom. The quantitative estimate of drug-likeness (QED) is 0.729. The summed E-state index contributed by atoms with van der Waals surface area (Å²) in [6.45, 7) is 0. The lowest BCUT2D eigenvalue weighted by molar-refractivity contribution is 0.103. The van der Waals surface area contributed by atoms with Crippen LogP contribution < -0.4 is 5.44 Å². The van der Waals surface area contributed by atoms with Crippen molar-refractivity contribution >= 4 is 34.7 Å². The summed E-state index contributed by atoms with van der Waals surface area (Å²) in [5.74, 6) is -0.211. The molecule has 20 heavy (non-hydrogen) atoms. The van der Waals surface area contributed by atoms with E-state index in [9.17, 15) is 9.36 Å². The summed E-state index contributed by atoms with van der Waals surface area (Å²) in [6.07, 6.45) is 0. The van der Waals surface area contributed by atoms with Gasteiger partial charge in [0.1, 0.15) is 5.69 Å². The molecular formula is C12H10BrN2O4P. The molecule has 0 unspecified atom stereocenters. The van der Waals surface area contributed by atoms with Crippen LogP contribution in [-0.2, 0) is 13.6 Å². The van der Waals surface area contributed by atoms with E-state index in [-0.39, 0.29) is 16.9 Å². The molecule has 0 radical (unpaired) electrons. The number of aromatic nitrogens is 2. The van der Waals surface area contributed by atoms with Gasteiger partial charge in [-0.05, 0) is 17.7 Å². The van der Waals surface area contributed by atoms with E-state index in [2.05, 4.69) is 26.1 Å². The van der Waals surface area contributed by atoms with Gasteiger partial charge in [0.25, 0.3) is 0 Å². The molecule has 0 amide bonds. The van der Waals surface area contributed by atoms with Crippen molar-refractivity contribution in [1.29, 1.82) is 0 Å². The van der Waals surface area contributed by atoms with Crippen molar-refractivity contribution in [2.24, 2.45) is 0 Å². The number of H-pyrrole nitrogens is 1. The van der Waals surface area contributed by atoms with E-state index < -0.39 is 7.60 Å². The highest BCUT2D eigenvalue weighted by molar-refractivity contribution is 9.10. The van der Waals surface area contributed by atoms with E-state index in [1.54, 1.807) is 12.1 Å². The van der Waals surface area contributed by atoms with Crippen LogP contribution in [-0.4, -0.2) is 30.2 Å². The van der Waals surface area contributed by atoms with Crippen molar-refractivity contribution in [3.05, 3.63) is 33.9 Å². The van der Waals surface area contributed by atoms with Crippen LogP contribution in [0, 0.1) is 0 Å². The number of carbonyl (C=O) groups is 1. The average Bonchev–Trinajstić information content (AvgIpc) is 3.00. The highest BCUT2D eigenvalue weighted by Gasteiger charge is 2.39. The highest BCUT2D eigenvalue weighted by Crippen LogP contribution is 2.49. The topological polar surface area (TPSA) is 81.3 Å². The van der Waals surface area contributed by atoms with Crippen LogP contribution in [0.4, 0.5) is 0 Å². The zero-order valence-electron chi connectivity index (χ0n) is 10.6. The Morgan fingerprint density at radius 1 is 1.25 bits per heavy atom. The maximum atomic E-state index is 12.5. The van der Waals surface area contributed by atoms with Gasteiger partial charge < -0.3 is 9.05 Å². The SMILES string of the molecule is COP(=O)(OC)c1[nH]nc2c1-c1ccc(Br)cc1C2=O. The number of ketones is 1. The molecule has 1 aromatic carbocycles. The molecular weight excluding hydrogens is 347 g/mol. The third-order valence-electron chi connectivity index (χ3n) is 3.21. The third-order valence-corrected chi connectivity index (χ3v) is 5.54. The standard InChI is InChI=1S/C12H10BrN2O4P/c1-18-20(17,19-2)12-9-7-4-3-6(13)5-8(7)11(16)10(9)14-15-12/h3-5H,1-2H3,(H,14,15). The van der Waals surface area contributed by atoms with Crippen molar-refractivity contribution in [2.75, 3.05) is 14.2 Å². The average molecular weight is 357 g/mol. The lowest BCUT2D eigenvalue weighted by Crippen LogP contribution is -2.11. The molecule has 0 spiro atoms. The van der Waals surface area contributed by atoms with E-state index in [0.717, 1.165) is 4.47 Å². The second-order valence-electron chi connectivity index (χ2n) is 4.18. The molecule has 0 fully saturated rings. The summed E-state index contributed by atoms with van der Waals surface area (Å²) < 4.78 is 23.3. The number of nitrogens with one attached hydrogen (secondary N) is 1. The van der Waals surface area contributed by atoms with E-state index in [0.29, 0.717) is 16.7 Å². The second-order valence-corrected chi connectivity index (χ2v) is 7.27. The minimum Gasteiger partial charge on any atom is -0.308 e. The molecule has 1 aromatic heterocycles. The monoisotopic (exact) mass is 356 g/mol. The Labute approximate surface area is 123 Å². The minimum absolute atomic E-state index is 0.201. The summed E-state index contributed by atoms with van der Waals surface area (Å²) in [5.41, 5.74) is 2.12. The van der Waals surface area contributed by atoms with Crippen LogP contribution in [0.15, 0.2) is 22.7 Å². The first-order chi connectivity index (χ1) is 9.51. The second kappa shape index (κ2) is 4.63. The van der Waals surface area contributed by atoms with Gasteiger partial charge in [-0.2, -0.15) is 5.10 Å². The molecule has 0 atom stereocenters. The van der Waals surface area contributed by atoms with E-state index in [4.69, 9.17) is 9.05 Å². The molecule has 1 N–H and O–H groups in total. The van der Waals surface area contributed by atoms with Gasteiger partial charge in [-0.15, -0.1) is 0 Å². The van der Waals surface area contributed by atoms with Gasteiger partial charge in [0.2, 0.25) is 5.78 Å². The predicted molar refractivity (Wildman–Crippen MR) is 76.4 cm³/mol. The van der Waals surface area contributed by atoms with Gasteiger partial charge in [0.15, 0.2) is 5.44 Å². The van der Waals surface area contributed by atoms with Crippen LogP contribution in [0.5, 0.6) is 0 Å². The van der Waals surface area contributed by atoms with Crippen molar-refractivity contribution < 1.29 is 18.4 Å². The zero-order valence-corrected chi connectivity index (χ0v) is 13.1. The van der Waals surface area contributed by atoms with E-state index >= 15 is 0 Å². The molecule has 1 aliphatic carbocycles. The Bertz CT molecular complexity index is 763. The van der Waals surface area contributed by atoms with Crippen molar-refractivity contribution in [3.63, 3.8) is 0 Å². The van der Waals surface area contributed by atoms with Crippen molar-refractivity contribution in [3.8, 4) is 11.1 Å². The first kappa shape index (κ1) is 13.7. The summed E-state index contributed by atoms with van der Waals surface area (Å²) in [4.78, 5) is 12.3. The number of halogens is 1. The molecule has 8 heteroatoms. The first-order valence-electron chi connectivity index (χ1n) is 5.67. The van der Waals surface area contributed by atoms with Gasteiger partial charge in [0.05, 0.1) is 0 Å². The molecule has 0 saturated carbocycles. The van der Waals surface area contributed by atoms with Crippen LogP contribution in [0.25, 0.3) is 11.1 Å². The molecule has 1 heterocycles. The fourth-order valence-corrected chi connectivity index (χ4v) is 3.81. The number of carbonyl (C=O) groups excluding carboxylic acids is 1. The lowest BCUT2D eigenvalue weighted by Gasteiger charge is -2.13. The number of benzene rings is 1. The maximum absolute atomic E-state index is 12.5. The lowest BCUT2D eigenvalue weighted by atomic mass is 10.1. The van der Waals surface area contributed by atoms with Gasteiger partial charge >= 0.3 is 7.60 Å². The van der Waals surface area contributed by atoms with Crippen LogP contribution in [0.3, 0.4) is 0 Å². The normalized spacial score (nSPS) is 13.4. The summed E-state index contributed by atoms with van der Waals surface area (Å²) in [7, 11) is -0.926. The molecule has 1 aliphatic rings. The number of rotatable bonds is 3. The fourth-order valence-electron chi connectivity index (χ4n) is 2.26. The van der Waals surface area contributed by atoms with E-state index in [1.165, 1.54) is 14.2 Å². The Kier molecular flexibility index (Phi) is 3.17. The molecule has 6 nitrogen and oxygen atoms in total. The third kappa shape index (κ3) is 1.74. The smallest absolute Gasteiger partial charge is 0.308 e. The first-order valence-corrected chi connectivity index (χ1v) is 8.00. The fraction of sp³-hybridized carbons (Fsp3) is 0.167. The van der Waals surface area contributed by atoms with Crippen LogP contribution in [0.2, 0.25) is 0 Å². The van der Waals surface area contributed by atoms with Gasteiger partial charge in [-0.25, -0.2) is 0 Å². The highest BCUT2D eigenvalue weighted by atomic mass is 79.9. The molecule has 3 rings (SSSR count). The van der Waals surface area contributed by atoms with Gasteiger partial charge in [-0.3, -0.25) is 14.5 Å². The summed E-state index contributed by atoms with van der Waals surface area (Å²) in [6, 6.07) is 5.30. The summed E-state index contributed by atoms with van der Waals surface area (Å²) >= 11 is 3.33. The molecule has 0 aliphatic heterocycles. The van der Waals surface area contributed by atoms with Crippen molar-refractivity contribution in [1.82, 2.24) is 10.2 Å². The zero-order chi connectivity index (χ0) is 14.5. The molecule has 104 valence electrons. The van der Waals surface area contributed by atoms with Crippen LogP contribution >= 0.6 is 23.5 Å². The van der Waals surface area contributed by atoms with Gasteiger partial charge in [-0.1, -0.05) is 22.0 Å². The van der Waals surface area contributed by atoms with Crippen LogP contribution in [0.1, 0.15) is 16.1 Å². The van der Waals surface area contributed by atoms with E-state index in [1.807, 2.05) is 6.07 Å². The number of hydrogen-bond acceptors (Lipinski definition) is 5. The molecule has 0 saturated heterocycles. The van der Waals surface area contributed by atoms with Crippen molar-refractivity contribution in [2.45, 2.75) is 0 Å². The minimum atomic E-state index is -3.50. The maximum Gasteiger partial charge on any atom is 0.379 e. The number of fused-ring (bicyclic) bond motifs is 3. The number of aromatic amines is 1. The Morgan fingerprint density at radius 3 is 2.60 bits per heavy atom. The summed E-state index contributed by atoms with van der Waals surface area (Å²) in [5, 5.41) is 6.57. The number of nitrogens with zero attached hydrogens (tertiary/aromatic N) is 1.